The van der Waals surface area contributed by atoms with Gasteiger partial charge in [0.1, 0.15) is 5.69 Å². The minimum atomic E-state index is -0.127. The fraction of sp³-hybridized carbons (Fsp3) is 0.353. The van der Waals surface area contributed by atoms with Crippen LogP contribution in [0.3, 0.4) is 0 Å². The predicted molar refractivity (Wildman–Crippen MR) is 87.6 cm³/mol. The molecule has 0 aliphatic carbocycles. The number of anilines is 2. The molecule has 0 radical (unpaired) electrons. The lowest BCUT2D eigenvalue weighted by atomic mass is 10.0. The Labute approximate surface area is 126 Å². The number of rotatable bonds is 5. The van der Waals surface area contributed by atoms with E-state index in [-0.39, 0.29) is 5.91 Å². The van der Waals surface area contributed by atoms with Crippen molar-refractivity contribution in [2.75, 3.05) is 11.1 Å². The molecule has 1 heterocycles. The lowest BCUT2D eigenvalue weighted by molar-refractivity contribution is 0.101. The van der Waals surface area contributed by atoms with E-state index in [9.17, 15) is 4.79 Å². The number of amides is 1. The van der Waals surface area contributed by atoms with E-state index < -0.39 is 0 Å². The molecular formula is C17H23N3O. The number of hydrogen-bond donors (Lipinski definition) is 2. The zero-order chi connectivity index (χ0) is 15.4. The monoisotopic (exact) mass is 285 g/mol. The second-order valence-electron chi connectivity index (χ2n) is 5.58. The molecule has 21 heavy (non-hydrogen) atoms. The number of carbonyl (C=O) groups is 1. The smallest absolute Gasteiger partial charge is 0.272 e. The number of nitrogens with one attached hydrogen (secondary N) is 1. The van der Waals surface area contributed by atoms with E-state index in [1.165, 1.54) is 5.56 Å². The fourth-order valence-corrected chi connectivity index (χ4v) is 2.30. The molecule has 0 unspecified atom stereocenters. The van der Waals surface area contributed by atoms with Crippen molar-refractivity contribution in [2.45, 2.75) is 39.7 Å². The largest absolute Gasteiger partial charge is 0.397 e. The number of nitrogens with two attached hydrogens (primary N) is 1. The summed E-state index contributed by atoms with van der Waals surface area (Å²) in [6.45, 7) is 7.15. The van der Waals surface area contributed by atoms with Crippen molar-refractivity contribution in [2.24, 2.45) is 0 Å². The number of aryl methyl sites for hydroxylation is 1. The van der Waals surface area contributed by atoms with Crippen molar-refractivity contribution in [3.05, 3.63) is 47.8 Å². The van der Waals surface area contributed by atoms with Gasteiger partial charge >= 0.3 is 0 Å². The Bertz CT molecular complexity index is 611. The first-order valence-electron chi connectivity index (χ1n) is 7.38. The van der Waals surface area contributed by atoms with Gasteiger partial charge in [-0.15, -0.1) is 0 Å². The SMILES string of the molecule is CCCn1cc(N)cc1C(=O)Nc1ccc(C(C)C)cc1. The van der Waals surface area contributed by atoms with Gasteiger partial charge in [-0.2, -0.15) is 0 Å². The number of aromatic nitrogens is 1. The van der Waals surface area contributed by atoms with Crippen molar-refractivity contribution in [3.8, 4) is 0 Å². The third-order valence-corrected chi connectivity index (χ3v) is 3.45. The minimum Gasteiger partial charge on any atom is -0.397 e. The third-order valence-electron chi connectivity index (χ3n) is 3.45. The average molecular weight is 285 g/mol. The van der Waals surface area contributed by atoms with E-state index in [2.05, 4.69) is 26.1 Å². The van der Waals surface area contributed by atoms with Crippen LogP contribution in [0.25, 0.3) is 0 Å². The Morgan fingerprint density at radius 1 is 1.29 bits per heavy atom. The van der Waals surface area contributed by atoms with Gasteiger partial charge in [-0.25, -0.2) is 0 Å². The van der Waals surface area contributed by atoms with Crippen LogP contribution < -0.4 is 11.1 Å². The van der Waals surface area contributed by atoms with Crippen LogP contribution in [0.2, 0.25) is 0 Å². The van der Waals surface area contributed by atoms with Crippen LogP contribution >= 0.6 is 0 Å². The molecule has 1 amide bonds. The van der Waals surface area contributed by atoms with Gasteiger partial charge in [0.05, 0.1) is 5.69 Å². The summed E-state index contributed by atoms with van der Waals surface area (Å²) >= 11 is 0. The standard InChI is InChI=1S/C17H23N3O/c1-4-9-20-11-14(18)10-16(20)17(21)19-15-7-5-13(6-8-15)12(2)3/h5-8,10-12H,4,9,18H2,1-3H3,(H,19,21). The van der Waals surface area contributed by atoms with Crippen LogP contribution in [0.15, 0.2) is 36.5 Å². The number of nitrogen functional groups attached to an aromatic ring is 1. The molecule has 0 spiro atoms. The summed E-state index contributed by atoms with van der Waals surface area (Å²) in [5.41, 5.74) is 9.06. The molecule has 1 aromatic carbocycles. The minimum absolute atomic E-state index is 0.127. The summed E-state index contributed by atoms with van der Waals surface area (Å²) < 4.78 is 1.90. The Morgan fingerprint density at radius 3 is 2.52 bits per heavy atom. The molecule has 0 aliphatic rings. The van der Waals surface area contributed by atoms with E-state index in [1.54, 1.807) is 12.3 Å². The van der Waals surface area contributed by atoms with Gasteiger partial charge in [0, 0.05) is 18.4 Å². The number of benzene rings is 1. The summed E-state index contributed by atoms with van der Waals surface area (Å²) in [5, 5.41) is 2.92. The summed E-state index contributed by atoms with van der Waals surface area (Å²) in [5.74, 6) is 0.355. The zero-order valence-electron chi connectivity index (χ0n) is 12.9. The summed E-state index contributed by atoms with van der Waals surface area (Å²) in [6, 6.07) is 9.67. The van der Waals surface area contributed by atoms with Gasteiger partial charge in [0.2, 0.25) is 0 Å². The van der Waals surface area contributed by atoms with Crippen molar-refractivity contribution in [1.29, 1.82) is 0 Å². The van der Waals surface area contributed by atoms with Crippen LogP contribution in [0, 0.1) is 0 Å². The molecule has 0 atom stereocenters. The number of carbonyl (C=O) groups excluding carboxylic acids is 1. The van der Waals surface area contributed by atoms with Crippen molar-refractivity contribution >= 4 is 17.3 Å². The Kier molecular flexibility index (Phi) is 4.68. The first-order chi connectivity index (χ1) is 10.0. The molecule has 0 saturated carbocycles. The molecule has 4 heteroatoms. The highest BCUT2D eigenvalue weighted by Crippen LogP contribution is 2.18. The highest BCUT2D eigenvalue weighted by molar-refractivity contribution is 6.03. The van der Waals surface area contributed by atoms with Gasteiger partial charge < -0.3 is 15.6 Å². The Hall–Kier alpha value is -2.23. The average Bonchev–Trinajstić information content (AvgIpc) is 2.81. The summed E-state index contributed by atoms with van der Waals surface area (Å²) in [7, 11) is 0. The van der Waals surface area contributed by atoms with E-state index >= 15 is 0 Å². The second kappa shape index (κ2) is 6.48. The molecule has 3 N–H and O–H groups in total. The maximum atomic E-state index is 12.4. The topological polar surface area (TPSA) is 60.0 Å². The quantitative estimate of drug-likeness (QED) is 0.876. The normalized spacial score (nSPS) is 10.9. The van der Waals surface area contributed by atoms with E-state index in [0.29, 0.717) is 17.3 Å². The molecule has 2 rings (SSSR count). The van der Waals surface area contributed by atoms with Crippen molar-refractivity contribution in [3.63, 3.8) is 0 Å². The van der Waals surface area contributed by atoms with Crippen molar-refractivity contribution in [1.82, 2.24) is 4.57 Å². The highest BCUT2D eigenvalue weighted by Gasteiger charge is 2.12. The number of hydrogen-bond acceptors (Lipinski definition) is 2. The van der Waals surface area contributed by atoms with Gasteiger partial charge in [-0.1, -0.05) is 32.9 Å². The van der Waals surface area contributed by atoms with E-state index in [0.717, 1.165) is 18.7 Å². The molecule has 4 nitrogen and oxygen atoms in total. The maximum absolute atomic E-state index is 12.4. The summed E-state index contributed by atoms with van der Waals surface area (Å²) in [4.78, 5) is 12.4. The molecule has 2 aromatic rings. The molecule has 1 aromatic heterocycles. The lowest BCUT2D eigenvalue weighted by Crippen LogP contribution is -2.16. The lowest BCUT2D eigenvalue weighted by Gasteiger charge is -2.10. The zero-order valence-corrected chi connectivity index (χ0v) is 12.9. The first kappa shape index (κ1) is 15.2. The van der Waals surface area contributed by atoms with Crippen molar-refractivity contribution < 1.29 is 4.79 Å². The molecular weight excluding hydrogens is 262 g/mol. The van der Waals surface area contributed by atoms with E-state index in [1.807, 2.05) is 28.8 Å². The van der Waals surface area contributed by atoms with Gasteiger partial charge in [-0.05, 0) is 36.1 Å². The fourth-order valence-electron chi connectivity index (χ4n) is 2.30. The maximum Gasteiger partial charge on any atom is 0.272 e. The van der Waals surface area contributed by atoms with Crippen LogP contribution in [0.5, 0.6) is 0 Å². The molecule has 0 bridgehead atoms. The molecule has 0 aliphatic heterocycles. The third kappa shape index (κ3) is 3.66. The van der Waals surface area contributed by atoms with Crippen LogP contribution in [0.1, 0.15) is 49.2 Å². The second-order valence-corrected chi connectivity index (χ2v) is 5.58. The van der Waals surface area contributed by atoms with Crippen LogP contribution in [-0.4, -0.2) is 10.5 Å². The van der Waals surface area contributed by atoms with E-state index in [4.69, 9.17) is 5.73 Å². The highest BCUT2D eigenvalue weighted by atomic mass is 16.1. The summed E-state index contributed by atoms with van der Waals surface area (Å²) in [6.07, 6.45) is 2.76. The van der Waals surface area contributed by atoms with Gasteiger partial charge in [0.15, 0.2) is 0 Å². The van der Waals surface area contributed by atoms with Crippen LogP contribution in [0.4, 0.5) is 11.4 Å². The Morgan fingerprint density at radius 2 is 1.95 bits per heavy atom. The number of nitrogens with zero attached hydrogens (tertiary/aromatic N) is 1. The first-order valence-corrected chi connectivity index (χ1v) is 7.38. The molecule has 0 fully saturated rings. The van der Waals surface area contributed by atoms with Gasteiger partial charge in [-0.3, -0.25) is 4.79 Å². The predicted octanol–water partition coefficient (Wildman–Crippen LogP) is 3.86. The Balaban J connectivity index is 2.14. The van der Waals surface area contributed by atoms with Crippen LogP contribution in [-0.2, 0) is 6.54 Å². The molecule has 0 saturated heterocycles. The molecule has 112 valence electrons. The van der Waals surface area contributed by atoms with Gasteiger partial charge in [0.25, 0.3) is 5.91 Å².